The molecule has 0 saturated carbocycles. The van der Waals surface area contributed by atoms with E-state index in [1.807, 2.05) is 6.07 Å². The summed E-state index contributed by atoms with van der Waals surface area (Å²) in [5.41, 5.74) is 22.6. The summed E-state index contributed by atoms with van der Waals surface area (Å²) in [5, 5.41) is 7.32. The summed E-state index contributed by atoms with van der Waals surface area (Å²) in [6, 6.07) is 83.2. The Labute approximate surface area is 408 Å². The van der Waals surface area contributed by atoms with Gasteiger partial charge in [-0.15, -0.1) is 0 Å². The molecule has 2 aliphatic rings. The van der Waals surface area contributed by atoms with Crippen molar-refractivity contribution in [3.63, 3.8) is 0 Å². The number of hydrogen-bond acceptors (Lipinski definition) is 2. The predicted octanol–water partition coefficient (Wildman–Crippen LogP) is 19.0. The number of para-hydroxylation sites is 2. The number of rotatable bonds is 6. The van der Waals surface area contributed by atoms with Gasteiger partial charge in [-0.25, -0.2) is 0 Å². The van der Waals surface area contributed by atoms with Gasteiger partial charge in [0.15, 0.2) is 0 Å². The molecule has 0 fully saturated rings. The minimum atomic E-state index is -0.224. The second-order valence-electron chi connectivity index (χ2n) is 20.5. The van der Waals surface area contributed by atoms with Crippen molar-refractivity contribution in [1.82, 2.24) is 0 Å². The van der Waals surface area contributed by atoms with E-state index in [-0.39, 0.29) is 10.8 Å². The highest BCUT2D eigenvalue weighted by molar-refractivity contribution is 6.09. The average molecular weight is 896 g/mol. The SMILES string of the molecule is CC1(C)c2cc(-c3ccc4ccccc4c3)ccc2-c2ccc(N(c3ccc(-c4cccc5c4oc4ccccc45)cc3)c3ccc4c(c3)C(C)(C)c3cc(-c5ccc6ccccc6c5)ccc3-4)cc21. The molecule has 14 rings (SSSR count). The third-order valence-corrected chi connectivity index (χ3v) is 15.8. The predicted molar refractivity (Wildman–Crippen MR) is 295 cm³/mol. The molecule has 0 saturated heterocycles. The van der Waals surface area contributed by atoms with E-state index in [0.29, 0.717) is 0 Å². The quantitative estimate of drug-likeness (QED) is 0.165. The minimum absolute atomic E-state index is 0.224. The summed E-state index contributed by atoms with van der Waals surface area (Å²) in [5.74, 6) is 0. The van der Waals surface area contributed by atoms with Crippen LogP contribution in [0.5, 0.6) is 0 Å². The minimum Gasteiger partial charge on any atom is -0.455 e. The van der Waals surface area contributed by atoms with Crippen molar-refractivity contribution < 1.29 is 4.42 Å². The molecule has 12 aromatic rings. The molecule has 0 aliphatic heterocycles. The second kappa shape index (κ2) is 15.0. The van der Waals surface area contributed by atoms with E-state index in [4.69, 9.17) is 4.42 Å². The Morgan fingerprint density at radius 3 is 1.27 bits per heavy atom. The second-order valence-corrected chi connectivity index (χ2v) is 20.5. The van der Waals surface area contributed by atoms with E-state index >= 15 is 0 Å². The smallest absolute Gasteiger partial charge is 0.143 e. The number of furan rings is 1. The number of nitrogens with zero attached hydrogens (tertiary/aromatic N) is 1. The number of benzene rings is 11. The number of anilines is 3. The topological polar surface area (TPSA) is 16.4 Å². The molecular formula is C68H49NO. The van der Waals surface area contributed by atoms with Crippen molar-refractivity contribution in [2.75, 3.05) is 4.90 Å². The van der Waals surface area contributed by atoms with Crippen LogP contribution < -0.4 is 4.90 Å². The number of hydrogen-bond donors (Lipinski definition) is 0. The normalized spacial score (nSPS) is 13.9. The van der Waals surface area contributed by atoms with Crippen LogP contribution in [0.4, 0.5) is 17.1 Å². The fraction of sp³-hybridized carbons (Fsp3) is 0.0882. The molecule has 332 valence electrons. The fourth-order valence-corrected chi connectivity index (χ4v) is 12.0. The molecule has 0 amide bonds. The van der Waals surface area contributed by atoms with E-state index in [1.165, 1.54) is 88.3 Å². The maximum Gasteiger partial charge on any atom is 0.143 e. The molecule has 70 heavy (non-hydrogen) atoms. The van der Waals surface area contributed by atoms with Crippen molar-refractivity contribution in [1.29, 1.82) is 0 Å². The molecule has 0 spiro atoms. The highest BCUT2D eigenvalue weighted by atomic mass is 16.3. The van der Waals surface area contributed by atoms with Crippen molar-refractivity contribution in [2.45, 2.75) is 38.5 Å². The van der Waals surface area contributed by atoms with Crippen LogP contribution in [0, 0.1) is 0 Å². The van der Waals surface area contributed by atoms with Crippen LogP contribution in [0.1, 0.15) is 49.9 Å². The molecule has 2 nitrogen and oxygen atoms in total. The number of fused-ring (bicyclic) bond motifs is 11. The van der Waals surface area contributed by atoms with Gasteiger partial charge in [0.25, 0.3) is 0 Å². The van der Waals surface area contributed by atoms with Gasteiger partial charge in [0.2, 0.25) is 0 Å². The molecule has 0 bridgehead atoms. The third-order valence-electron chi connectivity index (χ3n) is 15.8. The Balaban J connectivity index is 0.879. The molecule has 0 N–H and O–H groups in total. The monoisotopic (exact) mass is 895 g/mol. The maximum atomic E-state index is 6.52. The van der Waals surface area contributed by atoms with E-state index < -0.39 is 0 Å². The first-order chi connectivity index (χ1) is 34.2. The summed E-state index contributed by atoms with van der Waals surface area (Å²) in [6.45, 7) is 9.57. The van der Waals surface area contributed by atoms with Gasteiger partial charge in [0.1, 0.15) is 11.2 Å². The van der Waals surface area contributed by atoms with E-state index in [2.05, 4.69) is 251 Å². The largest absolute Gasteiger partial charge is 0.455 e. The molecule has 0 atom stereocenters. The van der Waals surface area contributed by atoms with Crippen LogP contribution in [0.2, 0.25) is 0 Å². The van der Waals surface area contributed by atoms with Crippen LogP contribution in [0.15, 0.2) is 229 Å². The Bertz CT molecular complexity index is 3940. The summed E-state index contributed by atoms with van der Waals surface area (Å²) in [4.78, 5) is 2.46. The van der Waals surface area contributed by atoms with E-state index in [9.17, 15) is 0 Å². The lowest BCUT2D eigenvalue weighted by Gasteiger charge is -2.30. The highest BCUT2D eigenvalue weighted by Gasteiger charge is 2.38. The first-order valence-corrected chi connectivity index (χ1v) is 24.6. The van der Waals surface area contributed by atoms with Gasteiger partial charge in [-0.1, -0.05) is 185 Å². The Kier molecular flexibility index (Phi) is 8.71. The lowest BCUT2D eigenvalue weighted by molar-refractivity contribution is 0.660. The van der Waals surface area contributed by atoms with Crippen molar-refractivity contribution in [3.05, 3.63) is 247 Å². The molecule has 2 aliphatic carbocycles. The molecule has 2 heteroatoms. The molecule has 0 radical (unpaired) electrons. The maximum absolute atomic E-state index is 6.52. The zero-order chi connectivity index (χ0) is 46.9. The lowest BCUT2D eigenvalue weighted by Crippen LogP contribution is -2.18. The van der Waals surface area contributed by atoms with Crippen molar-refractivity contribution in [3.8, 4) is 55.6 Å². The van der Waals surface area contributed by atoms with Gasteiger partial charge in [0, 0.05) is 44.2 Å². The highest BCUT2D eigenvalue weighted by Crippen LogP contribution is 2.54. The van der Waals surface area contributed by atoms with Crippen LogP contribution in [0.3, 0.4) is 0 Å². The molecular weight excluding hydrogens is 847 g/mol. The first kappa shape index (κ1) is 40.6. The summed E-state index contributed by atoms with van der Waals surface area (Å²) in [7, 11) is 0. The van der Waals surface area contributed by atoms with E-state index in [0.717, 1.165) is 50.1 Å². The van der Waals surface area contributed by atoms with E-state index in [1.54, 1.807) is 0 Å². The Hall–Kier alpha value is -8.46. The van der Waals surface area contributed by atoms with Crippen LogP contribution in [-0.2, 0) is 10.8 Å². The van der Waals surface area contributed by atoms with Crippen LogP contribution in [-0.4, -0.2) is 0 Å². The zero-order valence-electron chi connectivity index (χ0n) is 39.7. The molecule has 0 unspecified atom stereocenters. The average Bonchev–Trinajstić information content (AvgIpc) is 3.97. The van der Waals surface area contributed by atoms with Crippen molar-refractivity contribution in [2.24, 2.45) is 0 Å². The van der Waals surface area contributed by atoms with Crippen LogP contribution >= 0.6 is 0 Å². The summed E-state index contributed by atoms with van der Waals surface area (Å²) < 4.78 is 6.52. The fourth-order valence-electron chi connectivity index (χ4n) is 12.0. The molecule has 11 aromatic carbocycles. The zero-order valence-corrected chi connectivity index (χ0v) is 39.7. The van der Waals surface area contributed by atoms with Gasteiger partial charge < -0.3 is 9.32 Å². The van der Waals surface area contributed by atoms with Gasteiger partial charge in [0.05, 0.1) is 0 Å². The Morgan fingerprint density at radius 1 is 0.300 bits per heavy atom. The molecule has 1 heterocycles. The molecule has 1 aromatic heterocycles. The lowest BCUT2D eigenvalue weighted by atomic mass is 9.81. The third kappa shape index (κ3) is 6.12. The van der Waals surface area contributed by atoms with Gasteiger partial charge in [-0.05, 0) is 161 Å². The van der Waals surface area contributed by atoms with Gasteiger partial charge in [-0.2, -0.15) is 0 Å². The van der Waals surface area contributed by atoms with Gasteiger partial charge >= 0.3 is 0 Å². The van der Waals surface area contributed by atoms with Crippen LogP contribution in [0.25, 0.3) is 99.1 Å². The summed E-state index contributed by atoms with van der Waals surface area (Å²) in [6.07, 6.45) is 0. The Morgan fingerprint density at radius 2 is 0.714 bits per heavy atom. The summed E-state index contributed by atoms with van der Waals surface area (Å²) >= 11 is 0. The van der Waals surface area contributed by atoms with Gasteiger partial charge in [-0.3, -0.25) is 0 Å². The standard InChI is InChI=1S/C68H49NO/c1-67(2)61-38-49(47-22-20-42-12-5-7-14-45(42)36-47)26-32-55(61)57-34-30-52(40-63(57)67)69(51-28-24-44(25-29-51)54-17-11-18-60-59-16-9-10-19-65(59)70-66(54)60)53-31-35-58-56-33-27-50(39-62(56)68(3,4)64(58)41-53)48-23-21-43-13-6-8-15-46(43)37-48/h5-41H,1-4H3. The van der Waals surface area contributed by atoms with Crippen molar-refractivity contribution >= 4 is 60.5 Å². The first-order valence-electron chi connectivity index (χ1n) is 24.6.